The molecule has 2 aromatic carbocycles. The molecule has 1 amide bonds. The summed E-state index contributed by atoms with van der Waals surface area (Å²) < 4.78 is 6.56. The van der Waals surface area contributed by atoms with Crippen LogP contribution < -0.4 is 10.1 Å². The van der Waals surface area contributed by atoms with Crippen molar-refractivity contribution in [1.29, 1.82) is 0 Å². The fraction of sp³-hybridized carbons (Fsp3) is 0.118. The lowest BCUT2D eigenvalue weighted by atomic mass is 10.1. The van der Waals surface area contributed by atoms with Crippen LogP contribution in [0.2, 0.25) is 5.02 Å². The maximum absolute atomic E-state index is 12.3. The minimum atomic E-state index is -0.189. The number of rotatable bonds is 2. The molecule has 0 saturated heterocycles. The average molecular weight is 379 g/mol. The molecule has 0 saturated carbocycles. The third kappa shape index (κ3) is 3.18. The molecule has 1 heterocycles. The molecule has 0 unspecified atom stereocenters. The van der Waals surface area contributed by atoms with Crippen molar-refractivity contribution in [2.75, 3.05) is 11.9 Å². The number of ether oxygens (including phenoxy) is 1. The first-order chi connectivity index (χ1) is 10.5. The van der Waals surface area contributed by atoms with Crippen LogP contribution in [0.15, 0.2) is 46.4 Å². The van der Waals surface area contributed by atoms with Crippen molar-refractivity contribution in [1.82, 2.24) is 0 Å². The van der Waals surface area contributed by atoms with Gasteiger partial charge >= 0.3 is 0 Å². The average Bonchev–Trinajstić information content (AvgIpc) is 2.50. The predicted molar refractivity (Wildman–Crippen MR) is 92.4 cm³/mol. The first-order valence-corrected chi connectivity index (χ1v) is 7.90. The van der Waals surface area contributed by atoms with Crippen LogP contribution in [0.1, 0.15) is 11.1 Å². The molecule has 0 bridgehead atoms. The van der Waals surface area contributed by atoms with Gasteiger partial charge in [-0.15, -0.1) is 0 Å². The summed E-state index contributed by atoms with van der Waals surface area (Å²) in [5.74, 6) is 0.587. The Hall–Kier alpha value is -1.78. The Morgan fingerprint density at radius 1 is 1.27 bits per heavy atom. The van der Waals surface area contributed by atoms with Crippen LogP contribution in [0.4, 0.5) is 5.69 Å². The quantitative estimate of drug-likeness (QED) is 0.813. The maximum atomic E-state index is 12.3. The van der Waals surface area contributed by atoms with Gasteiger partial charge in [-0.3, -0.25) is 4.79 Å². The lowest BCUT2D eigenvalue weighted by Gasteiger charge is -2.18. The van der Waals surface area contributed by atoms with Crippen LogP contribution in [-0.4, -0.2) is 12.5 Å². The van der Waals surface area contributed by atoms with Gasteiger partial charge in [0.2, 0.25) is 0 Å². The molecular weight excluding hydrogens is 366 g/mol. The highest BCUT2D eigenvalue weighted by Crippen LogP contribution is 2.29. The summed E-state index contributed by atoms with van der Waals surface area (Å²) in [6, 6.07) is 11.1. The van der Waals surface area contributed by atoms with Crippen molar-refractivity contribution in [2.45, 2.75) is 6.92 Å². The van der Waals surface area contributed by atoms with E-state index >= 15 is 0 Å². The van der Waals surface area contributed by atoms with Gasteiger partial charge in [-0.2, -0.15) is 0 Å². The molecule has 2 aromatic rings. The number of hydrogen-bond donors (Lipinski definition) is 1. The second-order valence-corrected chi connectivity index (χ2v) is 6.38. The predicted octanol–water partition coefficient (Wildman–Crippen LogP) is 4.83. The summed E-state index contributed by atoms with van der Waals surface area (Å²) in [6.45, 7) is 2.17. The zero-order chi connectivity index (χ0) is 15.7. The van der Waals surface area contributed by atoms with Crippen LogP contribution in [0.5, 0.6) is 5.75 Å². The van der Waals surface area contributed by atoms with Crippen LogP contribution in [0, 0.1) is 6.92 Å². The normalized spacial score (nSPS) is 13.0. The first-order valence-electron chi connectivity index (χ1n) is 6.73. The number of fused-ring (bicyclic) bond motifs is 1. The molecule has 1 N–H and O–H groups in total. The zero-order valence-electron chi connectivity index (χ0n) is 11.8. The smallest absolute Gasteiger partial charge is 0.255 e. The highest BCUT2D eigenvalue weighted by atomic mass is 79.9. The third-order valence-corrected chi connectivity index (χ3v) is 4.31. The number of nitrogens with one attached hydrogen (secondary N) is 1. The van der Waals surface area contributed by atoms with Crippen LogP contribution in [0.3, 0.4) is 0 Å². The molecule has 112 valence electrons. The summed E-state index contributed by atoms with van der Waals surface area (Å²) in [5.41, 5.74) is 3.09. The van der Waals surface area contributed by atoms with Crippen LogP contribution in [0.25, 0.3) is 6.08 Å². The Bertz CT molecular complexity index is 786. The monoisotopic (exact) mass is 377 g/mol. The zero-order valence-corrected chi connectivity index (χ0v) is 14.2. The first kappa shape index (κ1) is 15.1. The Morgan fingerprint density at radius 2 is 2.09 bits per heavy atom. The number of hydrogen-bond acceptors (Lipinski definition) is 2. The van der Waals surface area contributed by atoms with Gasteiger partial charge < -0.3 is 10.1 Å². The minimum Gasteiger partial charge on any atom is -0.488 e. The van der Waals surface area contributed by atoms with Crippen molar-refractivity contribution in [2.24, 2.45) is 0 Å². The van der Waals surface area contributed by atoms with E-state index in [1.165, 1.54) is 0 Å². The number of amides is 1. The molecule has 3 nitrogen and oxygen atoms in total. The fourth-order valence-electron chi connectivity index (χ4n) is 2.16. The van der Waals surface area contributed by atoms with Crippen molar-refractivity contribution in [3.8, 4) is 5.75 Å². The summed E-state index contributed by atoms with van der Waals surface area (Å²) in [5, 5.41) is 3.47. The largest absolute Gasteiger partial charge is 0.488 e. The molecule has 5 heteroatoms. The Morgan fingerprint density at radius 3 is 2.86 bits per heavy atom. The highest BCUT2D eigenvalue weighted by molar-refractivity contribution is 9.10. The van der Waals surface area contributed by atoms with E-state index in [2.05, 4.69) is 21.2 Å². The van der Waals surface area contributed by atoms with Gasteiger partial charge in [0.05, 0.1) is 5.57 Å². The second kappa shape index (κ2) is 6.15. The van der Waals surface area contributed by atoms with Crippen molar-refractivity contribution >= 4 is 45.2 Å². The molecule has 0 aliphatic carbocycles. The highest BCUT2D eigenvalue weighted by Gasteiger charge is 2.17. The van der Waals surface area contributed by atoms with Gasteiger partial charge in [0.1, 0.15) is 12.4 Å². The van der Waals surface area contributed by atoms with Crippen molar-refractivity contribution < 1.29 is 9.53 Å². The van der Waals surface area contributed by atoms with Crippen molar-refractivity contribution in [3.63, 3.8) is 0 Å². The lowest BCUT2D eigenvalue weighted by molar-refractivity contribution is -0.113. The fourth-order valence-corrected chi connectivity index (χ4v) is 2.72. The lowest BCUT2D eigenvalue weighted by Crippen LogP contribution is -2.21. The number of carbonyl (C=O) groups is 1. The van der Waals surface area contributed by atoms with E-state index < -0.39 is 0 Å². The van der Waals surface area contributed by atoms with Gasteiger partial charge in [0, 0.05) is 20.7 Å². The van der Waals surface area contributed by atoms with E-state index in [0.29, 0.717) is 16.3 Å². The maximum Gasteiger partial charge on any atom is 0.255 e. The molecule has 1 aliphatic rings. The molecule has 1 aliphatic heterocycles. The molecular formula is C17H13BrClNO2. The van der Waals surface area contributed by atoms with Crippen LogP contribution >= 0.6 is 27.5 Å². The molecule has 0 radical (unpaired) electrons. The number of carbonyl (C=O) groups excluding carboxylic acids is 1. The van der Waals surface area contributed by atoms with E-state index in [1.807, 2.05) is 43.3 Å². The molecule has 0 spiro atoms. The SMILES string of the molecule is Cc1ccc(NC(=O)C2=Cc3cc(Br)ccc3OC2)cc1Cl. The van der Waals surface area contributed by atoms with Crippen molar-refractivity contribution in [3.05, 3.63) is 62.6 Å². The molecule has 22 heavy (non-hydrogen) atoms. The number of aryl methyl sites for hydroxylation is 1. The van der Waals surface area contributed by atoms with E-state index in [0.717, 1.165) is 21.3 Å². The van der Waals surface area contributed by atoms with Crippen LogP contribution in [-0.2, 0) is 4.79 Å². The topological polar surface area (TPSA) is 38.3 Å². The summed E-state index contributed by atoms with van der Waals surface area (Å²) in [6.07, 6.45) is 1.84. The summed E-state index contributed by atoms with van der Waals surface area (Å²) in [7, 11) is 0. The third-order valence-electron chi connectivity index (χ3n) is 3.41. The molecule has 0 atom stereocenters. The Balaban J connectivity index is 1.82. The van der Waals surface area contributed by atoms with Gasteiger partial charge in [0.25, 0.3) is 5.91 Å². The van der Waals surface area contributed by atoms with Gasteiger partial charge in [-0.05, 0) is 48.9 Å². The number of benzene rings is 2. The van der Waals surface area contributed by atoms with E-state index in [-0.39, 0.29) is 12.5 Å². The van der Waals surface area contributed by atoms with E-state index in [1.54, 1.807) is 6.07 Å². The summed E-state index contributed by atoms with van der Waals surface area (Å²) in [4.78, 5) is 12.3. The van der Waals surface area contributed by atoms with E-state index in [9.17, 15) is 4.79 Å². The molecule has 3 rings (SSSR count). The number of anilines is 1. The van der Waals surface area contributed by atoms with Gasteiger partial charge in [-0.1, -0.05) is 33.6 Å². The molecule has 0 fully saturated rings. The molecule has 0 aromatic heterocycles. The second-order valence-electron chi connectivity index (χ2n) is 5.06. The Labute approximate surface area is 142 Å². The minimum absolute atomic E-state index is 0.189. The number of halogens is 2. The summed E-state index contributed by atoms with van der Waals surface area (Å²) >= 11 is 9.49. The van der Waals surface area contributed by atoms with E-state index in [4.69, 9.17) is 16.3 Å². The van der Waals surface area contributed by atoms with Gasteiger partial charge in [0.15, 0.2) is 0 Å². The Kier molecular flexibility index (Phi) is 4.23. The van der Waals surface area contributed by atoms with Gasteiger partial charge in [-0.25, -0.2) is 0 Å². The standard InChI is InChI=1S/C17H13BrClNO2/c1-10-2-4-14(8-15(10)19)20-17(21)12-6-11-7-13(18)3-5-16(11)22-9-12/h2-8H,9H2,1H3,(H,20,21).